The number of Topliss-reactive ketones (excluding diaryl/α,β-unsaturated/α-hetero) is 1. The Morgan fingerprint density at radius 2 is 2.00 bits per heavy atom. The Morgan fingerprint density at radius 1 is 1.32 bits per heavy atom. The maximum Gasteiger partial charge on any atom is 0.135 e. The van der Waals surface area contributed by atoms with Crippen molar-refractivity contribution in [2.75, 3.05) is 6.54 Å². The Hall–Kier alpha value is -1.33. The van der Waals surface area contributed by atoms with Crippen molar-refractivity contribution in [2.24, 2.45) is 0 Å². The minimum atomic E-state index is -0.685. The van der Waals surface area contributed by atoms with Crippen LogP contribution in [0.5, 0.6) is 0 Å². The van der Waals surface area contributed by atoms with E-state index in [2.05, 4.69) is 5.32 Å². The predicted molar refractivity (Wildman–Crippen MR) is 66.7 cm³/mol. The monoisotopic (exact) mass is 269 g/mol. The molecule has 0 amide bonds. The number of aliphatic hydroxyl groups excluding tert-OH is 1. The summed E-state index contributed by atoms with van der Waals surface area (Å²) in [6, 6.07) is 3.09. The summed E-state index contributed by atoms with van der Waals surface area (Å²) in [7, 11) is 0. The summed E-state index contributed by atoms with van der Waals surface area (Å²) in [5.74, 6) is -1.09. The number of nitrogens with one attached hydrogen (secondary N) is 1. The van der Waals surface area contributed by atoms with E-state index in [0.29, 0.717) is 37.8 Å². The molecule has 104 valence electrons. The van der Waals surface area contributed by atoms with Gasteiger partial charge in [0.05, 0.1) is 6.10 Å². The van der Waals surface area contributed by atoms with Crippen molar-refractivity contribution in [1.29, 1.82) is 0 Å². The SMILES string of the molecule is O=C1CCN[C@@H]([C@@H](O)CCc2cc(F)cc(F)c2)C1. The molecule has 1 fully saturated rings. The molecular formula is C14H17F2NO2. The number of piperidine rings is 1. The maximum absolute atomic E-state index is 13.0. The molecule has 0 bridgehead atoms. The van der Waals surface area contributed by atoms with Crippen LogP contribution in [0, 0.1) is 11.6 Å². The third-order valence-corrected chi connectivity index (χ3v) is 3.37. The Kier molecular flexibility index (Phi) is 4.61. The Bertz CT molecular complexity index is 445. The quantitative estimate of drug-likeness (QED) is 0.872. The zero-order valence-corrected chi connectivity index (χ0v) is 10.5. The van der Waals surface area contributed by atoms with Gasteiger partial charge in [-0.15, -0.1) is 0 Å². The van der Waals surface area contributed by atoms with E-state index in [9.17, 15) is 18.7 Å². The van der Waals surface area contributed by atoms with Gasteiger partial charge in [-0.3, -0.25) is 4.79 Å². The predicted octanol–water partition coefficient (Wildman–Crippen LogP) is 1.58. The van der Waals surface area contributed by atoms with Gasteiger partial charge >= 0.3 is 0 Å². The summed E-state index contributed by atoms with van der Waals surface area (Å²) in [5, 5.41) is 13.1. The molecule has 1 aromatic carbocycles. The first-order chi connectivity index (χ1) is 9.04. The van der Waals surface area contributed by atoms with E-state index < -0.39 is 17.7 Å². The van der Waals surface area contributed by atoms with Gasteiger partial charge in [-0.25, -0.2) is 8.78 Å². The first kappa shape index (κ1) is 14.1. The number of carbonyl (C=O) groups excluding carboxylic acids is 1. The highest BCUT2D eigenvalue weighted by molar-refractivity contribution is 5.80. The second kappa shape index (κ2) is 6.21. The second-order valence-corrected chi connectivity index (χ2v) is 4.94. The standard InChI is InChI=1S/C14H17F2NO2/c15-10-5-9(6-11(16)7-10)1-2-14(19)13-8-12(18)3-4-17-13/h5-7,13-14,17,19H,1-4,8H2/t13-,14+/m1/s1. The molecule has 0 saturated carbocycles. The lowest BCUT2D eigenvalue weighted by molar-refractivity contribution is -0.121. The van der Waals surface area contributed by atoms with Gasteiger partial charge in [0.25, 0.3) is 0 Å². The van der Waals surface area contributed by atoms with Gasteiger partial charge in [0.2, 0.25) is 0 Å². The minimum absolute atomic E-state index is 0.139. The number of hydrogen-bond acceptors (Lipinski definition) is 3. The van der Waals surface area contributed by atoms with Crippen LogP contribution < -0.4 is 5.32 Å². The van der Waals surface area contributed by atoms with Gasteiger partial charge in [-0.1, -0.05) is 0 Å². The first-order valence-electron chi connectivity index (χ1n) is 6.43. The molecule has 1 aromatic rings. The number of benzene rings is 1. The Morgan fingerprint density at radius 3 is 2.63 bits per heavy atom. The highest BCUT2D eigenvalue weighted by Gasteiger charge is 2.25. The summed E-state index contributed by atoms with van der Waals surface area (Å²) < 4.78 is 26.0. The number of aryl methyl sites for hydroxylation is 1. The molecule has 5 heteroatoms. The van der Waals surface area contributed by atoms with Crippen LogP contribution in [0.15, 0.2) is 18.2 Å². The topological polar surface area (TPSA) is 49.3 Å². The summed E-state index contributed by atoms with van der Waals surface area (Å²) in [4.78, 5) is 11.3. The summed E-state index contributed by atoms with van der Waals surface area (Å²) >= 11 is 0. The van der Waals surface area contributed by atoms with Gasteiger partial charge < -0.3 is 10.4 Å². The van der Waals surface area contributed by atoms with E-state index in [-0.39, 0.29) is 11.8 Å². The summed E-state index contributed by atoms with van der Waals surface area (Å²) in [6.45, 7) is 0.579. The molecule has 1 aliphatic rings. The van der Waals surface area contributed by atoms with E-state index >= 15 is 0 Å². The lowest BCUT2D eigenvalue weighted by Gasteiger charge is -2.27. The van der Waals surface area contributed by atoms with Crippen LogP contribution in [-0.2, 0) is 11.2 Å². The molecule has 0 radical (unpaired) electrons. The number of carbonyl (C=O) groups is 1. The first-order valence-corrected chi connectivity index (χ1v) is 6.43. The van der Waals surface area contributed by atoms with Crippen LogP contribution in [0.4, 0.5) is 8.78 Å². The number of halogens is 2. The third kappa shape index (κ3) is 4.08. The summed E-state index contributed by atoms with van der Waals surface area (Å²) in [6.07, 6.45) is 0.878. The van der Waals surface area contributed by atoms with Crippen LogP contribution in [0.1, 0.15) is 24.8 Å². The molecule has 1 saturated heterocycles. The Balaban J connectivity index is 1.88. The largest absolute Gasteiger partial charge is 0.391 e. The molecule has 2 N–H and O–H groups in total. The molecule has 2 rings (SSSR count). The highest BCUT2D eigenvalue weighted by atomic mass is 19.1. The normalized spacial score (nSPS) is 21.4. The molecule has 0 aromatic heterocycles. The van der Waals surface area contributed by atoms with E-state index in [4.69, 9.17) is 0 Å². The lowest BCUT2D eigenvalue weighted by atomic mass is 9.95. The van der Waals surface area contributed by atoms with Crippen molar-refractivity contribution in [1.82, 2.24) is 5.32 Å². The highest BCUT2D eigenvalue weighted by Crippen LogP contribution is 2.15. The number of aliphatic hydroxyl groups is 1. The average Bonchev–Trinajstić information content (AvgIpc) is 2.35. The van der Waals surface area contributed by atoms with E-state index in [1.165, 1.54) is 12.1 Å². The molecule has 1 aliphatic heterocycles. The smallest absolute Gasteiger partial charge is 0.135 e. The van der Waals surface area contributed by atoms with Crippen LogP contribution in [0.25, 0.3) is 0 Å². The van der Waals surface area contributed by atoms with Crippen molar-refractivity contribution < 1.29 is 18.7 Å². The van der Waals surface area contributed by atoms with Crippen molar-refractivity contribution in [3.8, 4) is 0 Å². The van der Waals surface area contributed by atoms with Crippen molar-refractivity contribution in [3.63, 3.8) is 0 Å². The van der Waals surface area contributed by atoms with Gasteiger partial charge in [0, 0.05) is 31.5 Å². The molecule has 1 heterocycles. The van der Waals surface area contributed by atoms with Gasteiger partial charge in [-0.05, 0) is 30.5 Å². The Labute approximate surface area is 110 Å². The molecule has 0 spiro atoms. The molecule has 3 nitrogen and oxygen atoms in total. The lowest BCUT2D eigenvalue weighted by Crippen LogP contribution is -2.46. The summed E-state index contributed by atoms with van der Waals surface area (Å²) in [5.41, 5.74) is 0.513. The molecule has 0 unspecified atom stereocenters. The van der Waals surface area contributed by atoms with Crippen LogP contribution in [0.3, 0.4) is 0 Å². The zero-order valence-electron chi connectivity index (χ0n) is 10.5. The number of rotatable bonds is 4. The van der Waals surface area contributed by atoms with E-state index in [0.717, 1.165) is 6.07 Å². The van der Waals surface area contributed by atoms with Crippen molar-refractivity contribution in [3.05, 3.63) is 35.4 Å². The number of hydrogen-bond donors (Lipinski definition) is 2. The van der Waals surface area contributed by atoms with Gasteiger partial charge in [0.1, 0.15) is 17.4 Å². The van der Waals surface area contributed by atoms with E-state index in [1.807, 2.05) is 0 Å². The van der Waals surface area contributed by atoms with Crippen molar-refractivity contribution in [2.45, 2.75) is 37.8 Å². The van der Waals surface area contributed by atoms with Crippen LogP contribution in [-0.4, -0.2) is 29.6 Å². The fourth-order valence-electron chi connectivity index (χ4n) is 2.36. The van der Waals surface area contributed by atoms with Crippen LogP contribution >= 0.6 is 0 Å². The average molecular weight is 269 g/mol. The zero-order chi connectivity index (χ0) is 13.8. The fourth-order valence-corrected chi connectivity index (χ4v) is 2.36. The molecule has 0 aliphatic carbocycles. The molecule has 2 atom stereocenters. The van der Waals surface area contributed by atoms with E-state index in [1.54, 1.807) is 0 Å². The number of ketones is 1. The second-order valence-electron chi connectivity index (χ2n) is 4.94. The van der Waals surface area contributed by atoms with Gasteiger partial charge in [0.15, 0.2) is 0 Å². The van der Waals surface area contributed by atoms with Crippen LogP contribution in [0.2, 0.25) is 0 Å². The maximum atomic E-state index is 13.0. The fraction of sp³-hybridized carbons (Fsp3) is 0.500. The minimum Gasteiger partial charge on any atom is -0.391 e. The van der Waals surface area contributed by atoms with Gasteiger partial charge in [-0.2, -0.15) is 0 Å². The molecule has 19 heavy (non-hydrogen) atoms. The molecular weight excluding hydrogens is 252 g/mol. The van der Waals surface area contributed by atoms with Crippen molar-refractivity contribution >= 4 is 5.78 Å². The third-order valence-electron chi connectivity index (χ3n) is 3.37.